The van der Waals surface area contributed by atoms with Crippen molar-refractivity contribution in [3.8, 4) is 0 Å². The summed E-state index contributed by atoms with van der Waals surface area (Å²) in [4.78, 5) is 0. The summed E-state index contributed by atoms with van der Waals surface area (Å²) in [6, 6.07) is 0. The molecule has 0 aliphatic rings. The van der Waals surface area contributed by atoms with Crippen molar-refractivity contribution in [2.75, 3.05) is 0 Å². The minimum atomic E-state index is -6.40. The molecule has 0 saturated carbocycles. The second-order valence-corrected chi connectivity index (χ2v) is 11.8. The van der Waals surface area contributed by atoms with Gasteiger partial charge in [0.15, 0.2) is 0 Å². The van der Waals surface area contributed by atoms with Gasteiger partial charge in [0, 0.05) is 0 Å². The van der Waals surface area contributed by atoms with Gasteiger partial charge in [0.05, 0.1) is 0 Å². The molecular formula is Cl4O12Sn. The molecule has 0 aliphatic carbocycles. The fourth-order valence-electron chi connectivity index (χ4n) is 0.380. The van der Waals surface area contributed by atoms with Gasteiger partial charge in [0.1, 0.15) is 0 Å². The second kappa shape index (κ2) is 8.61. The van der Waals surface area contributed by atoms with Gasteiger partial charge in [0.25, 0.3) is 0 Å². The fraction of sp³-hybridized carbons (Fsp3) is 0. The number of halogens is 4. The number of rotatable bonds is 8. The Labute approximate surface area is 111 Å². The van der Waals surface area contributed by atoms with E-state index in [-0.39, 0.29) is 0 Å². The van der Waals surface area contributed by atoms with Crippen LogP contribution in [0.3, 0.4) is 0 Å². The van der Waals surface area contributed by atoms with E-state index in [4.69, 9.17) is 0 Å². The van der Waals surface area contributed by atoms with E-state index in [1.807, 2.05) is 0 Å². The monoisotopic (exact) mass is 452 g/mol. The Morgan fingerprint density at radius 1 is 0.471 bits per heavy atom. The van der Waals surface area contributed by atoms with Crippen molar-refractivity contribution in [3.05, 3.63) is 0 Å². The molecule has 0 unspecified atom stereocenters. The molecule has 17 heteroatoms. The average molecular weight is 453 g/mol. The standard InChI is InChI=1S/4ClO3.Sn/c4*2-1(3)4;/q4*-1;+4. The van der Waals surface area contributed by atoms with Crippen LogP contribution in [0, 0.1) is 43.1 Å². The number of hydrogen-bond donors (Lipinski definition) is 0. The van der Waals surface area contributed by atoms with E-state index in [9.17, 15) is 37.3 Å². The summed E-state index contributed by atoms with van der Waals surface area (Å²) in [5, 5.41) is 0. The van der Waals surface area contributed by atoms with Gasteiger partial charge in [-0.25, -0.2) is 0 Å². The van der Waals surface area contributed by atoms with Gasteiger partial charge < -0.3 is 0 Å². The van der Waals surface area contributed by atoms with Gasteiger partial charge in [-0.3, -0.25) is 0 Å². The van der Waals surface area contributed by atoms with E-state index in [0.29, 0.717) is 0 Å². The van der Waals surface area contributed by atoms with Crippen LogP contribution in [0.4, 0.5) is 0 Å². The molecule has 0 radical (unpaired) electrons. The molecule has 0 spiro atoms. The van der Waals surface area contributed by atoms with Crippen LogP contribution in [0.5, 0.6) is 0 Å². The summed E-state index contributed by atoms with van der Waals surface area (Å²) in [6.07, 6.45) is 0. The van der Waals surface area contributed by atoms with Crippen molar-refractivity contribution in [2.45, 2.75) is 0 Å². The molecule has 0 amide bonds. The van der Waals surface area contributed by atoms with E-state index < -0.39 is 63.2 Å². The maximum atomic E-state index is 10.1. The van der Waals surface area contributed by atoms with Crippen molar-refractivity contribution in [1.29, 1.82) is 0 Å². The predicted molar refractivity (Wildman–Crippen MR) is 10.1 cm³/mol. The first kappa shape index (κ1) is 18.5. The molecule has 12 nitrogen and oxygen atoms in total. The van der Waals surface area contributed by atoms with Gasteiger partial charge in [-0.2, -0.15) is 0 Å². The van der Waals surface area contributed by atoms with Crippen molar-refractivity contribution in [2.24, 2.45) is 0 Å². The Hall–Kier alpha value is 1.48. The Morgan fingerprint density at radius 2 is 0.647 bits per heavy atom. The predicted octanol–water partition coefficient (Wildman–Crippen LogP) is -10.2. The van der Waals surface area contributed by atoms with E-state index in [1.165, 1.54) is 0 Å². The SMILES string of the molecule is [O-][Cl+2]([O-])[O][Sn]([O][Cl+2]([O-])[O-])([O][Cl+2]([O-])[O-])[O][Cl+2]([O-])[O-]. The molecular weight excluding hydrogens is 453 g/mol. The fourth-order valence-corrected chi connectivity index (χ4v) is 10.5. The first-order chi connectivity index (χ1) is 7.67. The molecule has 0 bridgehead atoms. The van der Waals surface area contributed by atoms with Crippen LogP contribution in [0.1, 0.15) is 0 Å². The Bertz CT molecular complexity index is 159. The summed E-state index contributed by atoms with van der Waals surface area (Å²) in [5.41, 5.74) is 0. The first-order valence-corrected chi connectivity index (χ1v) is 11.0. The normalized spacial score (nSPS) is 13.4. The third-order valence-corrected chi connectivity index (χ3v) is 12.7. The average Bonchev–Trinajstić information content (AvgIpc) is 1.95. The van der Waals surface area contributed by atoms with Crippen LogP contribution in [-0.4, -0.2) is 20.0 Å². The molecule has 0 aliphatic heterocycles. The summed E-state index contributed by atoms with van der Waals surface area (Å²) < 4.78 is 95.1. The van der Waals surface area contributed by atoms with E-state index in [2.05, 4.69) is 10.5 Å². The van der Waals surface area contributed by atoms with Crippen molar-refractivity contribution in [1.82, 2.24) is 0 Å². The molecule has 0 atom stereocenters. The van der Waals surface area contributed by atoms with Gasteiger partial charge in [0.2, 0.25) is 0 Å². The van der Waals surface area contributed by atoms with Gasteiger partial charge in [-0.15, -0.1) is 0 Å². The maximum absolute atomic E-state index is 10.1. The molecule has 17 heavy (non-hydrogen) atoms. The van der Waals surface area contributed by atoms with Crippen LogP contribution in [0.15, 0.2) is 0 Å². The Morgan fingerprint density at radius 3 is 0.765 bits per heavy atom. The molecule has 0 saturated heterocycles. The van der Waals surface area contributed by atoms with E-state index >= 15 is 0 Å². The number of hydrogen-bond acceptors (Lipinski definition) is 12. The zero-order valence-electron chi connectivity index (χ0n) is 6.91. The van der Waals surface area contributed by atoms with Gasteiger partial charge in [-0.05, 0) is 0 Å². The van der Waals surface area contributed by atoms with E-state index in [0.717, 1.165) is 0 Å². The first-order valence-electron chi connectivity index (χ1n) is 2.67. The quantitative estimate of drug-likeness (QED) is 0.313. The zero-order chi connectivity index (χ0) is 13.6. The van der Waals surface area contributed by atoms with Crippen molar-refractivity contribution >= 4 is 20.0 Å². The van der Waals surface area contributed by atoms with Crippen molar-refractivity contribution < 1.29 is 90.9 Å². The molecule has 0 aromatic heterocycles. The molecule has 0 aromatic rings. The Kier molecular flexibility index (Phi) is 9.36. The molecule has 0 N–H and O–H groups in total. The second-order valence-electron chi connectivity index (χ2n) is 1.56. The van der Waals surface area contributed by atoms with E-state index in [1.54, 1.807) is 0 Å². The zero-order valence-corrected chi connectivity index (χ0v) is 12.8. The molecule has 0 aromatic carbocycles. The van der Waals surface area contributed by atoms with Crippen LogP contribution in [0.25, 0.3) is 0 Å². The summed E-state index contributed by atoms with van der Waals surface area (Å²) in [7, 11) is -12.8. The summed E-state index contributed by atoms with van der Waals surface area (Å²) in [5.74, 6) is 0. The van der Waals surface area contributed by atoms with Crippen LogP contribution >= 0.6 is 0 Å². The van der Waals surface area contributed by atoms with Crippen LogP contribution < -0.4 is 37.3 Å². The van der Waals surface area contributed by atoms with Crippen molar-refractivity contribution in [3.63, 3.8) is 0 Å². The summed E-state index contributed by atoms with van der Waals surface area (Å²) >= 11 is -6.40. The molecule has 104 valence electrons. The molecule has 0 heterocycles. The third-order valence-electron chi connectivity index (χ3n) is 0.630. The molecule has 0 rings (SSSR count). The Balaban J connectivity index is 4.89. The van der Waals surface area contributed by atoms with Crippen LogP contribution in [-0.2, 0) is 10.5 Å². The minimum absolute atomic E-state index is 3.21. The van der Waals surface area contributed by atoms with Crippen LogP contribution in [0.2, 0.25) is 0 Å². The molecule has 0 fully saturated rings. The topological polar surface area (TPSA) is 221 Å². The third kappa shape index (κ3) is 9.08. The summed E-state index contributed by atoms with van der Waals surface area (Å²) in [6.45, 7) is 0. The van der Waals surface area contributed by atoms with Gasteiger partial charge >= 0.3 is 111 Å². The van der Waals surface area contributed by atoms with Gasteiger partial charge in [-0.1, -0.05) is 0 Å².